The fourth-order valence-corrected chi connectivity index (χ4v) is 2.63. The van der Waals surface area contributed by atoms with Crippen LogP contribution in [-0.4, -0.2) is 25.3 Å². The molecule has 96 valence electrons. The molecule has 1 saturated heterocycles. The highest BCUT2D eigenvalue weighted by Crippen LogP contribution is 2.38. The zero-order chi connectivity index (χ0) is 12.7. The maximum absolute atomic E-state index is 12.1. The van der Waals surface area contributed by atoms with Gasteiger partial charge in [-0.1, -0.05) is 0 Å². The van der Waals surface area contributed by atoms with E-state index in [9.17, 15) is 4.79 Å². The number of carbonyl (C=O) groups excluding carboxylic acids is 1. The lowest BCUT2D eigenvalue weighted by molar-refractivity contribution is -0.117. The van der Waals surface area contributed by atoms with E-state index in [-0.39, 0.29) is 24.7 Å². The van der Waals surface area contributed by atoms with Gasteiger partial charge < -0.3 is 20.1 Å². The minimum atomic E-state index is 0.122. The van der Waals surface area contributed by atoms with Crippen molar-refractivity contribution in [3.63, 3.8) is 0 Å². The van der Waals surface area contributed by atoms with Gasteiger partial charge in [0.25, 0.3) is 0 Å². The van der Waals surface area contributed by atoms with Gasteiger partial charge in [-0.25, -0.2) is 0 Å². The molecule has 0 saturated carbocycles. The molecule has 1 aromatic rings. The SMILES string of the molecule is CC1C(CN)CC(=O)N1c1ccc2c(c1)OCO2. The lowest BCUT2D eigenvalue weighted by Crippen LogP contribution is -2.34. The molecular formula is C13H16N2O3. The maximum atomic E-state index is 12.1. The van der Waals surface area contributed by atoms with Gasteiger partial charge in [-0.3, -0.25) is 4.79 Å². The average molecular weight is 248 g/mol. The Morgan fingerprint density at radius 2 is 2.17 bits per heavy atom. The summed E-state index contributed by atoms with van der Waals surface area (Å²) in [6.07, 6.45) is 0.520. The van der Waals surface area contributed by atoms with Crippen molar-refractivity contribution in [1.29, 1.82) is 0 Å². The van der Waals surface area contributed by atoms with E-state index >= 15 is 0 Å². The number of carbonyl (C=O) groups is 1. The molecule has 0 bridgehead atoms. The van der Waals surface area contributed by atoms with E-state index in [1.807, 2.05) is 25.1 Å². The third kappa shape index (κ3) is 1.62. The average Bonchev–Trinajstić information content (AvgIpc) is 2.93. The highest BCUT2D eigenvalue weighted by Gasteiger charge is 2.37. The normalized spacial score (nSPS) is 25.9. The second kappa shape index (κ2) is 4.17. The molecule has 2 atom stereocenters. The van der Waals surface area contributed by atoms with Crippen LogP contribution in [-0.2, 0) is 4.79 Å². The van der Waals surface area contributed by atoms with Crippen LogP contribution in [0.25, 0.3) is 0 Å². The molecule has 2 heterocycles. The molecule has 0 radical (unpaired) electrons. The predicted octanol–water partition coefficient (Wildman–Crippen LogP) is 1.12. The predicted molar refractivity (Wildman–Crippen MR) is 66.7 cm³/mol. The van der Waals surface area contributed by atoms with Crippen LogP contribution in [0.4, 0.5) is 5.69 Å². The maximum Gasteiger partial charge on any atom is 0.231 e. The van der Waals surface area contributed by atoms with E-state index in [2.05, 4.69) is 0 Å². The fourth-order valence-electron chi connectivity index (χ4n) is 2.63. The largest absolute Gasteiger partial charge is 0.454 e. The van der Waals surface area contributed by atoms with Crippen LogP contribution in [0, 0.1) is 5.92 Å². The van der Waals surface area contributed by atoms with Crippen LogP contribution >= 0.6 is 0 Å². The number of nitrogens with zero attached hydrogens (tertiary/aromatic N) is 1. The molecule has 2 unspecified atom stereocenters. The number of amides is 1. The third-order valence-corrected chi connectivity index (χ3v) is 3.73. The van der Waals surface area contributed by atoms with Gasteiger partial charge >= 0.3 is 0 Å². The molecule has 5 heteroatoms. The first-order valence-electron chi connectivity index (χ1n) is 6.12. The Labute approximate surface area is 105 Å². The molecule has 2 aliphatic heterocycles. The third-order valence-electron chi connectivity index (χ3n) is 3.73. The summed E-state index contributed by atoms with van der Waals surface area (Å²) < 4.78 is 10.6. The van der Waals surface area contributed by atoms with Gasteiger partial charge in [-0.15, -0.1) is 0 Å². The molecule has 1 aromatic carbocycles. The standard InChI is InChI=1S/C13H16N2O3/c1-8-9(6-14)4-13(16)15(8)10-2-3-11-12(5-10)18-7-17-11/h2-3,5,8-9H,4,6-7,14H2,1H3. The van der Waals surface area contributed by atoms with Crippen molar-refractivity contribution in [1.82, 2.24) is 0 Å². The molecular weight excluding hydrogens is 232 g/mol. The first-order chi connectivity index (χ1) is 8.70. The Balaban J connectivity index is 1.93. The summed E-state index contributed by atoms with van der Waals surface area (Å²) in [7, 11) is 0. The lowest BCUT2D eigenvalue weighted by atomic mass is 10.0. The van der Waals surface area contributed by atoms with Crippen LogP contribution in [0.3, 0.4) is 0 Å². The molecule has 5 nitrogen and oxygen atoms in total. The Hall–Kier alpha value is -1.75. The number of benzene rings is 1. The summed E-state index contributed by atoms with van der Waals surface area (Å²) in [5.41, 5.74) is 6.55. The minimum absolute atomic E-state index is 0.122. The number of fused-ring (bicyclic) bond motifs is 1. The molecule has 2 N–H and O–H groups in total. The number of anilines is 1. The van der Waals surface area contributed by atoms with E-state index in [0.29, 0.717) is 18.7 Å². The van der Waals surface area contributed by atoms with Crippen LogP contribution in [0.15, 0.2) is 18.2 Å². The van der Waals surface area contributed by atoms with Crippen LogP contribution < -0.4 is 20.1 Å². The summed E-state index contributed by atoms with van der Waals surface area (Å²) in [5.74, 6) is 1.77. The van der Waals surface area contributed by atoms with Crippen molar-refractivity contribution in [2.75, 3.05) is 18.2 Å². The van der Waals surface area contributed by atoms with Crippen molar-refractivity contribution >= 4 is 11.6 Å². The second-order valence-electron chi connectivity index (χ2n) is 4.74. The smallest absolute Gasteiger partial charge is 0.231 e. The Morgan fingerprint density at radius 1 is 1.39 bits per heavy atom. The quantitative estimate of drug-likeness (QED) is 0.851. The second-order valence-corrected chi connectivity index (χ2v) is 4.74. The number of nitrogens with two attached hydrogens (primary N) is 1. The molecule has 1 fully saturated rings. The lowest BCUT2D eigenvalue weighted by Gasteiger charge is -2.24. The van der Waals surface area contributed by atoms with Crippen LogP contribution in [0.1, 0.15) is 13.3 Å². The molecule has 1 amide bonds. The van der Waals surface area contributed by atoms with E-state index in [0.717, 1.165) is 11.4 Å². The number of hydrogen-bond donors (Lipinski definition) is 1. The van der Waals surface area contributed by atoms with Gasteiger partial charge in [-0.2, -0.15) is 0 Å². The van der Waals surface area contributed by atoms with Crippen LogP contribution in [0.5, 0.6) is 11.5 Å². The Bertz CT molecular complexity index is 489. The first kappa shape index (κ1) is 11.3. The van der Waals surface area contributed by atoms with E-state index in [4.69, 9.17) is 15.2 Å². The van der Waals surface area contributed by atoms with Crippen molar-refractivity contribution in [3.8, 4) is 11.5 Å². The Morgan fingerprint density at radius 3 is 2.89 bits per heavy atom. The van der Waals surface area contributed by atoms with Gasteiger partial charge in [0.15, 0.2) is 11.5 Å². The van der Waals surface area contributed by atoms with E-state index in [1.165, 1.54) is 0 Å². The summed E-state index contributed by atoms with van der Waals surface area (Å²) in [5, 5.41) is 0. The zero-order valence-electron chi connectivity index (χ0n) is 10.3. The van der Waals surface area contributed by atoms with Gasteiger partial charge in [0.05, 0.1) is 0 Å². The van der Waals surface area contributed by atoms with Crippen molar-refractivity contribution in [3.05, 3.63) is 18.2 Å². The molecule has 0 spiro atoms. The monoisotopic (exact) mass is 248 g/mol. The zero-order valence-corrected chi connectivity index (χ0v) is 10.3. The topological polar surface area (TPSA) is 64.8 Å². The van der Waals surface area contributed by atoms with Gasteiger partial charge in [0, 0.05) is 30.1 Å². The minimum Gasteiger partial charge on any atom is -0.454 e. The van der Waals surface area contributed by atoms with Gasteiger partial charge in [-0.05, 0) is 25.6 Å². The van der Waals surface area contributed by atoms with E-state index < -0.39 is 0 Å². The number of rotatable bonds is 2. The summed E-state index contributed by atoms with van der Waals surface area (Å²) in [6.45, 7) is 2.81. The molecule has 2 aliphatic rings. The van der Waals surface area contributed by atoms with Gasteiger partial charge in [0.2, 0.25) is 12.7 Å². The Kier molecular flexibility index (Phi) is 2.63. The number of ether oxygens (including phenoxy) is 2. The molecule has 18 heavy (non-hydrogen) atoms. The van der Waals surface area contributed by atoms with Crippen molar-refractivity contribution < 1.29 is 14.3 Å². The molecule has 0 aliphatic carbocycles. The summed E-state index contributed by atoms with van der Waals surface area (Å²) in [4.78, 5) is 13.9. The highest BCUT2D eigenvalue weighted by molar-refractivity contribution is 5.96. The summed E-state index contributed by atoms with van der Waals surface area (Å²) >= 11 is 0. The van der Waals surface area contributed by atoms with E-state index in [1.54, 1.807) is 4.90 Å². The van der Waals surface area contributed by atoms with Crippen LogP contribution in [0.2, 0.25) is 0 Å². The fraction of sp³-hybridized carbons (Fsp3) is 0.462. The van der Waals surface area contributed by atoms with Crippen molar-refractivity contribution in [2.24, 2.45) is 11.7 Å². The first-order valence-corrected chi connectivity index (χ1v) is 6.12. The molecule has 0 aromatic heterocycles. The highest BCUT2D eigenvalue weighted by atomic mass is 16.7. The van der Waals surface area contributed by atoms with Crippen molar-refractivity contribution in [2.45, 2.75) is 19.4 Å². The van der Waals surface area contributed by atoms with Gasteiger partial charge in [0.1, 0.15) is 0 Å². The molecule has 3 rings (SSSR count). The number of hydrogen-bond acceptors (Lipinski definition) is 4. The summed E-state index contributed by atoms with van der Waals surface area (Å²) in [6, 6.07) is 5.71.